The van der Waals surface area contributed by atoms with Gasteiger partial charge in [0.1, 0.15) is 14.3 Å². The number of pyridine rings is 1. The summed E-state index contributed by atoms with van der Waals surface area (Å²) in [4.78, 5) is 0. The van der Waals surface area contributed by atoms with Gasteiger partial charge in [0.25, 0.3) is 0 Å². The molecule has 1 nitrogen and oxygen atoms in total. The van der Waals surface area contributed by atoms with Crippen molar-refractivity contribution in [3.05, 3.63) is 42.2 Å². The average molecular weight is 195 g/mol. The van der Waals surface area contributed by atoms with Crippen LogP contribution in [0.25, 0.3) is 10.8 Å². The molecule has 0 bridgehead atoms. The maximum atomic E-state index is 2.40. The van der Waals surface area contributed by atoms with Crippen LogP contribution in [0.2, 0.25) is 5.82 Å². The van der Waals surface area contributed by atoms with Crippen molar-refractivity contribution < 1.29 is 4.57 Å². The third-order valence-corrected chi connectivity index (χ3v) is 3.35. The minimum absolute atomic E-state index is 0.654. The van der Waals surface area contributed by atoms with E-state index in [0.29, 0.717) is 5.82 Å². The number of rotatable bonds is 1. The summed E-state index contributed by atoms with van der Waals surface area (Å²) in [7, 11) is 4.54. The van der Waals surface area contributed by atoms with E-state index >= 15 is 0 Å². The van der Waals surface area contributed by atoms with Gasteiger partial charge in [0, 0.05) is 17.3 Å². The second-order valence-corrected chi connectivity index (χ2v) is 4.48. The zero-order chi connectivity index (χ0) is 10.4. The molecule has 2 unspecified atom stereocenters. The van der Waals surface area contributed by atoms with Crippen molar-refractivity contribution in [3.63, 3.8) is 0 Å². The fraction of sp³-hybridized carbons (Fsp3) is 0.308. The van der Waals surface area contributed by atoms with E-state index in [1.54, 1.807) is 0 Å². The van der Waals surface area contributed by atoms with Crippen LogP contribution in [0.1, 0.15) is 18.4 Å². The lowest BCUT2D eigenvalue weighted by Gasteiger charge is -2.03. The zero-order valence-electron chi connectivity index (χ0n) is 9.14. The molecule has 1 aromatic carbocycles. The van der Waals surface area contributed by atoms with Gasteiger partial charge in [-0.05, 0) is 11.5 Å². The van der Waals surface area contributed by atoms with Crippen molar-refractivity contribution in [2.75, 3.05) is 0 Å². The summed E-state index contributed by atoms with van der Waals surface area (Å²) >= 11 is 0. The Labute approximate surface area is 91.0 Å². The molecular weight excluding hydrogens is 181 g/mol. The summed E-state index contributed by atoms with van der Waals surface area (Å²) in [5, 5.41) is 2.74. The largest absolute Gasteiger partial charge is 0.205 e. The summed E-state index contributed by atoms with van der Waals surface area (Å²) in [5.41, 5.74) is 1.46. The van der Waals surface area contributed by atoms with E-state index < -0.39 is 0 Å². The first-order valence-electron chi connectivity index (χ1n) is 5.49. The topological polar surface area (TPSA) is 3.88 Å². The van der Waals surface area contributed by atoms with Crippen LogP contribution in [0.15, 0.2) is 36.5 Å². The lowest BCUT2D eigenvalue weighted by molar-refractivity contribution is -0.677. The molecule has 2 heteroatoms. The Hall–Kier alpha value is -1.31. The van der Waals surface area contributed by atoms with Crippen LogP contribution < -0.4 is 4.57 Å². The number of nitrogens with zero attached hydrogens (tertiary/aromatic N) is 1. The molecule has 1 fully saturated rings. The van der Waals surface area contributed by atoms with Crippen molar-refractivity contribution in [2.45, 2.75) is 18.6 Å². The van der Waals surface area contributed by atoms with Crippen LogP contribution >= 0.6 is 0 Å². The number of aromatic nitrogens is 1. The zero-order valence-corrected chi connectivity index (χ0v) is 9.14. The Balaban J connectivity index is 2.29. The van der Waals surface area contributed by atoms with Crippen molar-refractivity contribution in [1.29, 1.82) is 0 Å². The Morgan fingerprint density at radius 1 is 1.20 bits per heavy atom. The summed E-state index contributed by atoms with van der Waals surface area (Å²) in [6, 6.07) is 10.8. The van der Waals surface area contributed by atoms with Gasteiger partial charge in [-0.1, -0.05) is 30.9 Å². The number of fused-ring (bicyclic) bond motifs is 1. The molecule has 2 heterocycles. The minimum Gasteiger partial charge on any atom is -0.205 e. The highest BCUT2D eigenvalue weighted by Gasteiger charge is 2.42. The molecule has 0 amide bonds. The smallest absolute Gasteiger partial charge is 0.183 e. The van der Waals surface area contributed by atoms with Gasteiger partial charge in [0.2, 0.25) is 0 Å². The van der Waals surface area contributed by atoms with Crippen LogP contribution in [0.4, 0.5) is 0 Å². The van der Waals surface area contributed by atoms with Gasteiger partial charge in [-0.15, -0.1) is 0 Å². The normalized spacial score (nSPS) is 23.9. The van der Waals surface area contributed by atoms with Crippen LogP contribution in [0.5, 0.6) is 0 Å². The summed E-state index contributed by atoms with van der Waals surface area (Å²) in [6.07, 6.45) is 2.16. The number of aryl methyl sites for hydroxylation is 1. The summed E-state index contributed by atoms with van der Waals surface area (Å²) in [5.74, 6) is 1.39. The molecule has 1 aromatic heterocycles. The monoisotopic (exact) mass is 195 g/mol. The predicted molar refractivity (Wildman–Crippen MR) is 63.0 cm³/mol. The van der Waals surface area contributed by atoms with E-state index in [1.807, 2.05) is 0 Å². The number of benzene rings is 1. The molecular formula is C13H14BN+. The van der Waals surface area contributed by atoms with E-state index in [0.717, 1.165) is 5.82 Å². The van der Waals surface area contributed by atoms with Crippen LogP contribution in [-0.2, 0) is 7.05 Å². The fourth-order valence-electron chi connectivity index (χ4n) is 2.36. The Kier molecular flexibility index (Phi) is 1.85. The van der Waals surface area contributed by atoms with E-state index in [-0.39, 0.29) is 0 Å². The average Bonchev–Trinajstić information content (AvgIpc) is 2.95. The van der Waals surface area contributed by atoms with Gasteiger partial charge >= 0.3 is 0 Å². The molecule has 0 aliphatic carbocycles. The molecule has 0 spiro atoms. The molecule has 3 rings (SSSR count). The number of hydrogen-bond donors (Lipinski definition) is 0. The standard InChI is InChI=1S/C13H14BN/c1-9-12(14-9)13-11-6-4-3-5-10(11)7-8-15(13)2/h3-9,12H,1-2H3/q+1. The molecule has 1 saturated heterocycles. The van der Waals surface area contributed by atoms with Gasteiger partial charge in [0.15, 0.2) is 11.9 Å². The molecule has 1 radical (unpaired) electrons. The van der Waals surface area contributed by atoms with Crippen LogP contribution in [-0.4, -0.2) is 7.28 Å². The van der Waals surface area contributed by atoms with Gasteiger partial charge in [-0.3, -0.25) is 0 Å². The van der Waals surface area contributed by atoms with Crippen LogP contribution in [0.3, 0.4) is 0 Å². The quantitative estimate of drug-likeness (QED) is 0.485. The van der Waals surface area contributed by atoms with Gasteiger partial charge in [0.05, 0.1) is 0 Å². The van der Waals surface area contributed by atoms with Crippen molar-refractivity contribution >= 4 is 18.1 Å². The first-order chi connectivity index (χ1) is 7.27. The van der Waals surface area contributed by atoms with Gasteiger partial charge < -0.3 is 0 Å². The summed E-state index contributed by atoms with van der Waals surface area (Å²) in [6.45, 7) is 2.28. The second kappa shape index (κ2) is 3.09. The first kappa shape index (κ1) is 8.96. The lowest BCUT2D eigenvalue weighted by Crippen LogP contribution is -2.33. The lowest BCUT2D eigenvalue weighted by atomic mass is 9.95. The highest BCUT2D eigenvalue weighted by atomic mass is 14.9. The first-order valence-corrected chi connectivity index (χ1v) is 5.49. The van der Waals surface area contributed by atoms with E-state index in [9.17, 15) is 0 Å². The van der Waals surface area contributed by atoms with Crippen molar-refractivity contribution in [1.82, 2.24) is 0 Å². The van der Waals surface area contributed by atoms with Crippen LogP contribution in [0, 0.1) is 0 Å². The molecule has 15 heavy (non-hydrogen) atoms. The SMILES string of the molecule is CC1[B]C1c1c2ccccc2cc[n+]1C. The third-order valence-electron chi connectivity index (χ3n) is 3.35. The van der Waals surface area contributed by atoms with Gasteiger partial charge in [-0.2, -0.15) is 0 Å². The molecule has 2 aromatic rings. The minimum atomic E-state index is 0.654. The molecule has 2 atom stereocenters. The van der Waals surface area contributed by atoms with Gasteiger partial charge in [-0.25, -0.2) is 4.57 Å². The maximum absolute atomic E-state index is 2.40. The Morgan fingerprint density at radius 3 is 2.67 bits per heavy atom. The maximum Gasteiger partial charge on any atom is 0.183 e. The molecule has 1 aliphatic heterocycles. The molecule has 0 saturated carbocycles. The molecule has 73 valence electrons. The summed E-state index contributed by atoms with van der Waals surface area (Å²) < 4.78 is 2.26. The van der Waals surface area contributed by atoms with Crippen molar-refractivity contribution in [3.8, 4) is 0 Å². The third kappa shape index (κ3) is 1.36. The second-order valence-electron chi connectivity index (χ2n) is 4.48. The highest BCUT2D eigenvalue weighted by molar-refractivity contribution is 6.53. The molecule has 1 aliphatic rings. The molecule has 0 N–H and O–H groups in total. The Bertz CT molecular complexity index is 521. The highest BCUT2D eigenvalue weighted by Crippen LogP contribution is 2.43. The van der Waals surface area contributed by atoms with E-state index in [1.165, 1.54) is 16.5 Å². The van der Waals surface area contributed by atoms with Crippen molar-refractivity contribution in [2.24, 2.45) is 7.05 Å². The predicted octanol–water partition coefficient (Wildman–Crippen LogP) is 2.23. The number of hydrogen-bond acceptors (Lipinski definition) is 0. The van der Waals surface area contributed by atoms with E-state index in [4.69, 9.17) is 0 Å². The fourth-order valence-corrected chi connectivity index (χ4v) is 2.36. The Morgan fingerprint density at radius 2 is 1.93 bits per heavy atom. The van der Waals surface area contributed by atoms with E-state index in [2.05, 4.69) is 62.3 Å².